The van der Waals surface area contributed by atoms with Gasteiger partial charge in [-0.1, -0.05) is 25.0 Å². The second-order valence-corrected chi connectivity index (χ2v) is 5.91. The van der Waals surface area contributed by atoms with Crippen molar-refractivity contribution in [3.05, 3.63) is 29.3 Å². The number of nitrogens with zero attached hydrogens (tertiary/aromatic N) is 1. The summed E-state index contributed by atoms with van der Waals surface area (Å²) < 4.78 is 5.76. The molecule has 21 heavy (non-hydrogen) atoms. The average molecular weight is 290 g/mol. The fraction of sp³-hybridized carbons (Fsp3) is 0.588. The Morgan fingerprint density at radius 1 is 1.29 bits per heavy atom. The Bertz CT molecular complexity index is 478. The quantitative estimate of drug-likeness (QED) is 0.927. The molecule has 2 N–H and O–H groups in total. The first kappa shape index (κ1) is 15.8. The van der Waals surface area contributed by atoms with Crippen LogP contribution in [-0.4, -0.2) is 30.5 Å². The van der Waals surface area contributed by atoms with E-state index in [1.807, 2.05) is 36.9 Å². The molecule has 1 aromatic rings. The van der Waals surface area contributed by atoms with Gasteiger partial charge >= 0.3 is 0 Å². The average Bonchev–Trinajstić information content (AvgIpc) is 2.73. The lowest BCUT2D eigenvalue weighted by Gasteiger charge is -2.21. The molecule has 4 heteroatoms. The molecule has 0 bridgehead atoms. The monoisotopic (exact) mass is 290 g/mol. The Morgan fingerprint density at radius 2 is 1.95 bits per heavy atom. The van der Waals surface area contributed by atoms with E-state index in [1.54, 1.807) is 0 Å². The standard InChI is InChI=1S/C17H26N2O2/c1-13-7-8-15(14(2)18)16(11-13)21-12-17(20)19-9-5-3-4-6-10-19/h7-8,11,14H,3-6,9-10,12,18H2,1-2H3/t14-/m1/s1. The highest BCUT2D eigenvalue weighted by molar-refractivity contribution is 5.77. The van der Waals surface area contributed by atoms with Crippen molar-refractivity contribution in [1.29, 1.82) is 0 Å². The van der Waals surface area contributed by atoms with E-state index < -0.39 is 0 Å². The lowest BCUT2D eigenvalue weighted by atomic mass is 10.1. The van der Waals surface area contributed by atoms with Crippen LogP contribution in [0.4, 0.5) is 0 Å². The fourth-order valence-corrected chi connectivity index (χ4v) is 2.69. The number of likely N-dealkylation sites (tertiary alicyclic amines) is 1. The summed E-state index contributed by atoms with van der Waals surface area (Å²) in [6.07, 6.45) is 4.64. The number of carbonyl (C=O) groups excluding carboxylic acids is 1. The van der Waals surface area contributed by atoms with Crippen LogP contribution in [0.25, 0.3) is 0 Å². The van der Waals surface area contributed by atoms with Gasteiger partial charge < -0.3 is 15.4 Å². The Labute approximate surface area is 127 Å². The van der Waals surface area contributed by atoms with Gasteiger partial charge in [-0.3, -0.25) is 4.79 Å². The molecule has 116 valence electrons. The molecule has 2 rings (SSSR count). The summed E-state index contributed by atoms with van der Waals surface area (Å²) >= 11 is 0. The van der Waals surface area contributed by atoms with Crippen molar-refractivity contribution in [2.45, 2.75) is 45.6 Å². The highest BCUT2D eigenvalue weighted by atomic mass is 16.5. The van der Waals surface area contributed by atoms with Crippen LogP contribution in [0.15, 0.2) is 18.2 Å². The zero-order valence-electron chi connectivity index (χ0n) is 13.1. The zero-order valence-corrected chi connectivity index (χ0v) is 13.1. The van der Waals surface area contributed by atoms with Crippen molar-refractivity contribution >= 4 is 5.91 Å². The highest BCUT2D eigenvalue weighted by Gasteiger charge is 2.17. The Hall–Kier alpha value is -1.55. The molecule has 1 aliphatic rings. The van der Waals surface area contributed by atoms with E-state index in [1.165, 1.54) is 12.8 Å². The molecule has 1 saturated heterocycles. The first-order chi connectivity index (χ1) is 10.1. The van der Waals surface area contributed by atoms with Gasteiger partial charge in [0.2, 0.25) is 0 Å². The molecule has 0 saturated carbocycles. The minimum absolute atomic E-state index is 0.0778. The summed E-state index contributed by atoms with van der Waals surface area (Å²) in [6.45, 7) is 5.75. The molecule has 0 aliphatic carbocycles. The largest absolute Gasteiger partial charge is 0.483 e. The molecule has 0 spiro atoms. The van der Waals surface area contributed by atoms with Crippen LogP contribution < -0.4 is 10.5 Å². The summed E-state index contributed by atoms with van der Waals surface area (Å²) in [6, 6.07) is 5.84. The summed E-state index contributed by atoms with van der Waals surface area (Å²) in [7, 11) is 0. The van der Waals surface area contributed by atoms with Gasteiger partial charge in [0.1, 0.15) is 5.75 Å². The van der Waals surface area contributed by atoms with Crippen molar-refractivity contribution in [3.8, 4) is 5.75 Å². The van der Waals surface area contributed by atoms with E-state index in [4.69, 9.17) is 10.5 Å². The maximum Gasteiger partial charge on any atom is 0.260 e. The van der Waals surface area contributed by atoms with Gasteiger partial charge in [0, 0.05) is 24.7 Å². The predicted octanol–water partition coefficient (Wildman–Crippen LogP) is 2.80. The molecular weight excluding hydrogens is 264 g/mol. The number of benzene rings is 1. The topological polar surface area (TPSA) is 55.6 Å². The molecule has 1 aliphatic heterocycles. The zero-order chi connectivity index (χ0) is 15.2. The van der Waals surface area contributed by atoms with E-state index in [0.29, 0.717) is 0 Å². The van der Waals surface area contributed by atoms with Gasteiger partial charge in [-0.05, 0) is 38.3 Å². The van der Waals surface area contributed by atoms with Crippen molar-refractivity contribution in [1.82, 2.24) is 4.90 Å². The lowest BCUT2D eigenvalue weighted by molar-refractivity contribution is -0.133. The number of aryl methyl sites for hydroxylation is 1. The fourth-order valence-electron chi connectivity index (χ4n) is 2.69. The maximum absolute atomic E-state index is 12.3. The number of hydrogen-bond acceptors (Lipinski definition) is 3. The van der Waals surface area contributed by atoms with Crippen LogP contribution in [0, 0.1) is 6.92 Å². The summed E-state index contributed by atoms with van der Waals surface area (Å²) in [5.74, 6) is 0.808. The first-order valence-corrected chi connectivity index (χ1v) is 7.84. The summed E-state index contributed by atoms with van der Waals surface area (Å²) in [5.41, 5.74) is 8.02. The van der Waals surface area contributed by atoms with Crippen molar-refractivity contribution in [3.63, 3.8) is 0 Å². The molecule has 1 aromatic carbocycles. The van der Waals surface area contributed by atoms with Gasteiger partial charge in [-0.25, -0.2) is 0 Å². The van der Waals surface area contributed by atoms with Crippen LogP contribution in [0.2, 0.25) is 0 Å². The van der Waals surface area contributed by atoms with Crippen LogP contribution in [-0.2, 0) is 4.79 Å². The molecule has 0 radical (unpaired) electrons. The number of ether oxygens (including phenoxy) is 1. The maximum atomic E-state index is 12.3. The summed E-state index contributed by atoms with van der Waals surface area (Å²) in [5, 5.41) is 0. The van der Waals surface area contributed by atoms with E-state index in [-0.39, 0.29) is 18.6 Å². The van der Waals surface area contributed by atoms with Crippen LogP contribution >= 0.6 is 0 Å². The van der Waals surface area contributed by atoms with Gasteiger partial charge in [0.15, 0.2) is 6.61 Å². The van der Waals surface area contributed by atoms with Crippen LogP contribution in [0.3, 0.4) is 0 Å². The number of amides is 1. The molecule has 1 atom stereocenters. The molecule has 1 fully saturated rings. The predicted molar refractivity (Wildman–Crippen MR) is 84.3 cm³/mol. The minimum atomic E-state index is -0.103. The molecule has 0 unspecified atom stereocenters. The van der Waals surface area contributed by atoms with Crippen LogP contribution in [0.5, 0.6) is 5.75 Å². The van der Waals surface area contributed by atoms with E-state index in [0.717, 1.165) is 42.8 Å². The van der Waals surface area contributed by atoms with E-state index >= 15 is 0 Å². The van der Waals surface area contributed by atoms with Crippen molar-refractivity contribution in [2.75, 3.05) is 19.7 Å². The van der Waals surface area contributed by atoms with E-state index in [2.05, 4.69) is 0 Å². The number of rotatable bonds is 4. The van der Waals surface area contributed by atoms with Crippen molar-refractivity contribution in [2.24, 2.45) is 5.73 Å². The van der Waals surface area contributed by atoms with Crippen molar-refractivity contribution < 1.29 is 9.53 Å². The van der Waals surface area contributed by atoms with Gasteiger partial charge in [-0.2, -0.15) is 0 Å². The van der Waals surface area contributed by atoms with E-state index in [9.17, 15) is 4.79 Å². The van der Waals surface area contributed by atoms with Gasteiger partial charge in [0.25, 0.3) is 5.91 Å². The molecule has 4 nitrogen and oxygen atoms in total. The number of carbonyl (C=O) groups is 1. The molecular formula is C17H26N2O2. The van der Waals surface area contributed by atoms with Gasteiger partial charge in [-0.15, -0.1) is 0 Å². The smallest absolute Gasteiger partial charge is 0.260 e. The van der Waals surface area contributed by atoms with Crippen LogP contribution in [0.1, 0.15) is 49.8 Å². The second kappa shape index (κ2) is 7.46. The lowest BCUT2D eigenvalue weighted by Crippen LogP contribution is -2.35. The molecule has 1 heterocycles. The third-order valence-corrected chi connectivity index (χ3v) is 3.97. The Balaban J connectivity index is 1.98. The number of nitrogens with two attached hydrogens (primary N) is 1. The second-order valence-electron chi connectivity index (χ2n) is 5.91. The molecule has 1 amide bonds. The first-order valence-electron chi connectivity index (χ1n) is 7.84. The summed E-state index contributed by atoms with van der Waals surface area (Å²) in [4.78, 5) is 14.2. The highest BCUT2D eigenvalue weighted by Crippen LogP contribution is 2.25. The Morgan fingerprint density at radius 3 is 2.57 bits per heavy atom. The third-order valence-electron chi connectivity index (χ3n) is 3.97. The third kappa shape index (κ3) is 4.46. The Kier molecular flexibility index (Phi) is 5.62. The molecule has 0 aromatic heterocycles. The van der Waals surface area contributed by atoms with Gasteiger partial charge in [0.05, 0.1) is 0 Å². The number of hydrogen-bond donors (Lipinski definition) is 1. The normalized spacial score (nSPS) is 17.2. The SMILES string of the molecule is Cc1ccc([C@@H](C)N)c(OCC(=O)N2CCCCCC2)c1. The minimum Gasteiger partial charge on any atom is -0.483 e.